The van der Waals surface area contributed by atoms with Crippen LogP contribution in [0.5, 0.6) is 0 Å². The summed E-state index contributed by atoms with van der Waals surface area (Å²) in [5, 5.41) is 3.56. The highest BCUT2D eigenvalue weighted by molar-refractivity contribution is 5.78. The number of nitrogens with zero attached hydrogens (tertiary/aromatic N) is 3. The van der Waals surface area contributed by atoms with E-state index in [4.69, 9.17) is 4.98 Å². The number of aromatic nitrogens is 2. The van der Waals surface area contributed by atoms with E-state index >= 15 is 0 Å². The molecule has 1 aliphatic heterocycles. The lowest BCUT2D eigenvalue weighted by atomic mass is 10.0. The molecule has 2 heterocycles. The van der Waals surface area contributed by atoms with Gasteiger partial charge in [0.25, 0.3) is 0 Å². The summed E-state index contributed by atoms with van der Waals surface area (Å²) in [5.74, 6) is 0.828. The Balaban J connectivity index is 1.12. The number of nitrogens with one attached hydrogen (secondary N) is 1. The molecule has 1 atom stereocenters. The van der Waals surface area contributed by atoms with Crippen molar-refractivity contribution in [2.75, 3.05) is 10.2 Å². The molecule has 0 aliphatic carbocycles. The molecular formula is C36H28N4. The first-order chi connectivity index (χ1) is 19.8. The Morgan fingerprint density at radius 2 is 1.10 bits per heavy atom. The van der Waals surface area contributed by atoms with Crippen molar-refractivity contribution < 1.29 is 0 Å². The van der Waals surface area contributed by atoms with E-state index in [9.17, 15) is 0 Å². The van der Waals surface area contributed by atoms with Crippen LogP contribution in [0.3, 0.4) is 0 Å². The second kappa shape index (κ2) is 10.5. The first kappa shape index (κ1) is 23.9. The first-order valence-electron chi connectivity index (χ1n) is 13.6. The summed E-state index contributed by atoms with van der Waals surface area (Å²) in [6.45, 7) is 0. The van der Waals surface area contributed by atoms with Gasteiger partial charge in [-0.1, -0.05) is 91.0 Å². The Labute approximate surface area is 234 Å². The van der Waals surface area contributed by atoms with E-state index in [-0.39, 0.29) is 6.04 Å². The van der Waals surface area contributed by atoms with Gasteiger partial charge in [-0.2, -0.15) is 0 Å². The fourth-order valence-corrected chi connectivity index (χ4v) is 5.39. The van der Waals surface area contributed by atoms with Gasteiger partial charge in [0.15, 0.2) is 5.82 Å². The lowest BCUT2D eigenvalue weighted by Gasteiger charge is -2.25. The van der Waals surface area contributed by atoms with Gasteiger partial charge < -0.3 is 10.2 Å². The van der Waals surface area contributed by atoms with Crippen LogP contribution in [0.15, 0.2) is 146 Å². The molecule has 40 heavy (non-hydrogen) atoms. The predicted molar refractivity (Wildman–Crippen MR) is 164 cm³/mol. The average Bonchev–Trinajstić information content (AvgIpc) is 3.48. The Morgan fingerprint density at radius 3 is 1.75 bits per heavy atom. The summed E-state index contributed by atoms with van der Waals surface area (Å²) < 4.78 is 0. The number of hydrogen-bond donors (Lipinski definition) is 1. The van der Waals surface area contributed by atoms with Gasteiger partial charge in [0.05, 0.1) is 11.7 Å². The van der Waals surface area contributed by atoms with Crippen molar-refractivity contribution in [1.29, 1.82) is 0 Å². The molecule has 6 aromatic rings. The summed E-state index contributed by atoms with van der Waals surface area (Å²) in [4.78, 5) is 11.8. The molecule has 0 fully saturated rings. The lowest BCUT2D eigenvalue weighted by molar-refractivity contribution is 0.749. The van der Waals surface area contributed by atoms with Gasteiger partial charge in [-0.05, 0) is 65.2 Å². The molecule has 1 N–H and O–H groups in total. The Hall–Kier alpha value is -5.22. The molecule has 0 saturated heterocycles. The van der Waals surface area contributed by atoms with E-state index in [2.05, 4.69) is 137 Å². The molecule has 192 valence electrons. The molecule has 0 saturated carbocycles. The van der Waals surface area contributed by atoms with Crippen molar-refractivity contribution in [3.63, 3.8) is 0 Å². The molecule has 4 heteroatoms. The Bertz CT molecular complexity index is 1670. The minimum Gasteiger partial charge on any atom is -0.375 e. The van der Waals surface area contributed by atoms with Crippen LogP contribution in [0.25, 0.3) is 22.4 Å². The third-order valence-electron chi connectivity index (χ3n) is 7.43. The zero-order chi connectivity index (χ0) is 26.7. The number of anilines is 4. The largest absolute Gasteiger partial charge is 0.375 e. The van der Waals surface area contributed by atoms with Gasteiger partial charge in [-0.3, -0.25) is 0 Å². The Morgan fingerprint density at radius 1 is 0.550 bits per heavy atom. The van der Waals surface area contributed by atoms with E-state index in [1.54, 1.807) is 0 Å². The van der Waals surface area contributed by atoms with Crippen LogP contribution in [-0.2, 0) is 6.42 Å². The molecule has 1 unspecified atom stereocenters. The summed E-state index contributed by atoms with van der Waals surface area (Å²) in [6.07, 6.45) is 2.76. The standard InChI is InChI=1S/C36H28N4/c1-3-10-30(11-4-1)40(31-12-5-2-6-13-31)32-21-19-27(20-22-32)26-15-17-28(18-16-26)34-23-24-37-36(39-34)35-25-29-9-7-8-14-33(29)38-35/h1-24,35,38H,25H2. The normalized spacial score (nSPS) is 13.8. The number of para-hydroxylation sites is 3. The summed E-state index contributed by atoms with van der Waals surface area (Å²) in [6, 6.07) is 48.8. The van der Waals surface area contributed by atoms with Gasteiger partial charge >= 0.3 is 0 Å². The molecular weight excluding hydrogens is 488 g/mol. The predicted octanol–water partition coefficient (Wildman–Crippen LogP) is 8.99. The van der Waals surface area contributed by atoms with Crippen molar-refractivity contribution in [3.05, 3.63) is 157 Å². The average molecular weight is 517 g/mol. The zero-order valence-electron chi connectivity index (χ0n) is 22.0. The van der Waals surface area contributed by atoms with Crippen molar-refractivity contribution in [2.24, 2.45) is 0 Å². The summed E-state index contributed by atoms with van der Waals surface area (Å²) in [5.41, 5.74) is 10.2. The quantitative estimate of drug-likeness (QED) is 0.240. The first-order valence-corrected chi connectivity index (χ1v) is 13.6. The molecule has 0 bridgehead atoms. The highest BCUT2D eigenvalue weighted by atomic mass is 15.1. The van der Waals surface area contributed by atoms with Crippen molar-refractivity contribution in [2.45, 2.75) is 12.5 Å². The Kier molecular flexibility index (Phi) is 6.27. The van der Waals surface area contributed by atoms with Gasteiger partial charge in [0.1, 0.15) is 0 Å². The van der Waals surface area contributed by atoms with Crippen LogP contribution in [0.4, 0.5) is 22.7 Å². The van der Waals surface area contributed by atoms with E-state index in [0.29, 0.717) is 0 Å². The fourth-order valence-electron chi connectivity index (χ4n) is 5.39. The second-order valence-electron chi connectivity index (χ2n) is 9.99. The minimum atomic E-state index is 0.0986. The molecule has 1 aliphatic rings. The van der Waals surface area contributed by atoms with Gasteiger partial charge in [-0.25, -0.2) is 9.97 Å². The van der Waals surface area contributed by atoms with E-state index in [1.165, 1.54) is 22.4 Å². The topological polar surface area (TPSA) is 41.1 Å². The van der Waals surface area contributed by atoms with Crippen LogP contribution in [0.2, 0.25) is 0 Å². The third kappa shape index (κ3) is 4.72. The monoisotopic (exact) mass is 516 g/mol. The van der Waals surface area contributed by atoms with Crippen LogP contribution in [-0.4, -0.2) is 9.97 Å². The van der Waals surface area contributed by atoms with Crippen LogP contribution in [0, 0.1) is 0 Å². The van der Waals surface area contributed by atoms with Gasteiger partial charge in [-0.15, -0.1) is 0 Å². The number of fused-ring (bicyclic) bond motifs is 1. The van der Waals surface area contributed by atoms with E-state index in [0.717, 1.165) is 40.6 Å². The fraction of sp³-hybridized carbons (Fsp3) is 0.0556. The van der Waals surface area contributed by atoms with Crippen molar-refractivity contribution in [1.82, 2.24) is 9.97 Å². The van der Waals surface area contributed by atoms with Crippen LogP contribution >= 0.6 is 0 Å². The summed E-state index contributed by atoms with van der Waals surface area (Å²) >= 11 is 0. The van der Waals surface area contributed by atoms with E-state index in [1.807, 2.05) is 24.4 Å². The lowest BCUT2D eigenvalue weighted by Crippen LogP contribution is -2.10. The van der Waals surface area contributed by atoms with E-state index < -0.39 is 0 Å². The molecule has 1 aromatic heterocycles. The number of benzene rings is 5. The number of rotatable bonds is 6. The highest BCUT2D eigenvalue weighted by Crippen LogP contribution is 2.36. The molecule has 0 radical (unpaired) electrons. The zero-order valence-corrected chi connectivity index (χ0v) is 22.0. The maximum absolute atomic E-state index is 4.92. The van der Waals surface area contributed by atoms with Gasteiger partial charge in [0, 0.05) is 40.9 Å². The van der Waals surface area contributed by atoms with Crippen LogP contribution < -0.4 is 10.2 Å². The maximum atomic E-state index is 4.92. The molecule has 7 rings (SSSR count). The second-order valence-corrected chi connectivity index (χ2v) is 9.99. The molecule has 5 aromatic carbocycles. The highest BCUT2D eigenvalue weighted by Gasteiger charge is 2.24. The smallest absolute Gasteiger partial charge is 0.151 e. The molecule has 0 spiro atoms. The van der Waals surface area contributed by atoms with Crippen molar-refractivity contribution >= 4 is 22.7 Å². The van der Waals surface area contributed by atoms with Gasteiger partial charge in [0.2, 0.25) is 0 Å². The third-order valence-corrected chi connectivity index (χ3v) is 7.43. The maximum Gasteiger partial charge on any atom is 0.151 e. The van der Waals surface area contributed by atoms with Crippen molar-refractivity contribution in [3.8, 4) is 22.4 Å². The number of hydrogen-bond acceptors (Lipinski definition) is 4. The molecule has 0 amide bonds. The van der Waals surface area contributed by atoms with Crippen LogP contribution in [0.1, 0.15) is 17.4 Å². The molecule has 4 nitrogen and oxygen atoms in total. The SMILES string of the molecule is c1ccc(N(c2ccccc2)c2ccc(-c3ccc(-c4ccnc(C5Cc6ccccc6N5)n4)cc3)cc2)cc1. The summed E-state index contributed by atoms with van der Waals surface area (Å²) in [7, 11) is 0. The minimum absolute atomic E-state index is 0.0986.